The summed E-state index contributed by atoms with van der Waals surface area (Å²) in [5.74, 6) is 0.727. The van der Waals surface area contributed by atoms with E-state index in [1.807, 2.05) is 6.92 Å². The molecular weight excluding hydrogens is 244 g/mol. The Kier molecular flexibility index (Phi) is 3.28. The molecule has 0 saturated carbocycles. The van der Waals surface area contributed by atoms with Crippen molar-refractivity contribution in [2.45, 2.75) is 19.5 Å². The van der Waals surface area contributed by atoms with Crippen molar-refractivity contribution >= 4 is 5.78 Å². The Morgan fingerprint density at radius 2 is 2.16 bits per heavy atom. The van der Waals surface area contributed by atoms with E-state index in [2.05, 4.69) is 14.9 Å². The molecule has 1 aromatic heterocycles. The van der Waals surface area contributed by atoms with Gasteiger partial charge >= 0.3 is 0 Å². The van der Waals surface area contributed by atoms with Crippen LogP contribution in [-0.2, 0) is 6.54 Å². The molecule has 6 heteroatoms. The summed E-state index contributed by atoms with van der Waals surface area (Å²) >= 11 is 0. The average molecular weight is 264 g/mol. The number of carbonyl (C=O) groups excluding carboxylic acids is 1. The first kappa shape index (κ1) is 12.6. The summed E-state index contributed by atoms with van der Waals surface area (Å²) in [6.45, 7) is 7.62. The van der Waals surface area contributed by atoms with Crippen LogP contribution in [0.1, 0.15) is 17.4 Å². The highest BCUT2D eigenvalue weighted by Crippen LogP contribution is 2.24. The predicted octanol–water partition coefficient (Wildman–Crippen LogP) is 0.0941. The van der Waals surface area contributed by atoms with Crippen LogP contribution in [0.3, 0.4) is 0 Å². The van der Waals surface area contributed by atoms with Gasteiger partial charge in [0, 0.05) is 39.3 Å². The quantitative estimate of drug-likeness (QED) is 0.722. The number of hydrogen-bond donors (Lipinski definition) is 0. The molecule has 3 aliphatic heterocycles. The van der Waals surface area contributed by atoms with Crippen LogP contribution in [-0.4, -0.2) is 71.2 Å². The average Bonchev–Trinajstić information content (AvgIpc) is 2.90. The number of piperazine rings is 3. The molecule has 3 fully saturated rings. The van der Waals surface area contributed by atoms with E-state index in [1.54, 1.807) is 18.0 Å². The lowest BCUT2D eigenvalue weighted by Crippen LogP contribution is -2.63. The fourth-order valence-electron chi connectivity index (χ4n) is 3.03. The zero-order valence-corrected chi connectivity index (χ0v) is 11.5. The molecule has 1 unspecified atom stereocenters. The van der Waals surface area contributed by atoms with Crippen LogP contribution in [0.15, 0.2) is 6.20 Å². The lowest BCUT2D eigenvalue weighted by Gasteiger charge is -2.46. The SMILES string of the molecule is CCn1ncc(OC)c1C(=O)C1CN2CCN1CC2. The summed E-state index contributed by atoms with van der Waals surface area (Å²) in [5, 5.41) is 4.22. The minimum atomic E-state index is -0.0431. The molecule has 2 bridgehead atoms. The van der Waals surface area contributed by atoms with E-state index >= 15 is 0 Å². The lowest BCUT2D eigenvalue weighted by atomic mass is 10.0. The second-order valence-corrected chi connectivity index (χ2v) is 5.09. The number of nitrogens with zero attached hydrogens (tertiary/aromatic N) is 4. The number of aromatic nitrogens is 2. The summed E-state index contributed by atoms with van der Waals surface area (Å²) in [6, 6.07) is -0.0431. The first-order valence-electron chi connectivity index (χ1n) is 6.85. The summed E-state index contributed by atoms with van der Waals surface area (Å²) in [6.07, 6.45) is 1.63. The first-order chi connectivity index (χ1) is 9.24. The Labute approximate surface area is 112 Å². The topological polar surface area (TPSA) is 50.6 Å². The monoisotopic (exact) mass is 264 g/mol. The van der Waals surface area contributed by atoms with E-state index in [9.17, 15) is 4.79 Å². The number of hydrogen-bond acceptors (Lipinski definition) is 5. The van der Waals surface area contributed by atoms with Crippen LogP contribution in [0.25, 0.3) is 0 Å². The smallest absolute Gasteiger partial charge is 0.203 e. The summed E-state index contributed by atoms with van der Waals surface area (Å²) in [7, 11) is 1.59. The first-order valence-corrected chi connectivity index (χ1v) is 6.85. The van der Waals surface area contributed by atoms with E-state index in [1.165, 1.54) is 0 Å². The number of carbonyl (C=O) groups is 1. The number of ether oxygens (including phenoxy) is 1. The Bertz CT molecular complexity index is 455. The Balaban J connectivity index is 1.89. The molecule has 0 spiro atoms. The highest BCUT2D eigenvalue weighted by molar-refractivity contribution is 6.01. The highest BCUT2D eigenvalue weighted by Gasteiger charge is 2.38. The molecule has 0 N–H and O–H groups in total. The van der Waals surface area contributed by atoms with Gasteiger partial charge in [0.25, 0.3) is 0 Å². The number of ketones is 1. The van der Waals surface area contributed by atoms with Gasteiger partial charge in [-0.3, -0.25) is 19.3 Å². The van der Waals surface area contributed by atoms with Crippen molar-refractivity contribution in [2.75, 3.05) is 39.8 Å². The van der Waals surface area contributed by atoms with E-state index < -0.39 is 0 Å². The molecule has 104 valence electrons. The highest BCUT2D eigenvalue weighted by atomic mass is 16.5. The van der Waals surface area contributed by atoms with Crippen LogP contribution < -0.4 is 4.74 Å². The molecule has 1 atom stereocenters. The van der Waals surface area contributed by atoms with Crippen molar-refractivity contribution in [3.05, 3.63) is 11.9 Å². The third-order valence-corrected chi connectivity index (χ3v) is 4.14. The van der Waals surface area contributed by atoms with E-state index in [4.69, 9.17) is 4.74 Å². The number of methoxy groups -OCH3 is 1. The maximum Gasteiger partial charge on any atom is 0.203 e. The molecule has 0 radical (unpaired) electrons. The molecule has 3 saturated heterocycles. The molecule has 0 aliphatic carbocycles. The zero-order chi connectivity index (χ0) is 13.4. The van der Waals surface area contributed by atoms with Crippen molar-refractivity contribution in [1.29, 1.82) is 0 Å². The van der Waals surface area contributed by atoms with Crippen molar-refractivity contribution < 1.29 is 9.53 Å². The minimum Gasteiger partial charge on any atom is -0.493 e. The summed E-state index contributed by atoms with van der Waals surface area (Å²) in [5.41, 5.74) is 0.615. The van der Waals surface area contributed by atoms with Gasteiger partial charge in [0.05, 0.1) is 19.3 Å². The number of rotatable bonds is 4. The molecule has 0 aromatic carbocycles. The molecule has 19 heavy (non-hydrogen) atoms. The van der Waals surface area contributed by atoms with E-state index in [0.717, 1.165) is 32.7 Å². The van der Waals surface area contributed by atoms with Gasteiger partial charge in [0.1, 0.15) is 5.69 Å². The number of Topliss-reactive ketones (excluding diaryl/α,β-unsaturated/α-hetero) is 1. The second-order valence-electron chi connectivity index (χ2n) is 5.09. The molecule has 4 rings (SSSR count). The molecule has 4 heterocycles. The third-order valence-electron chi connectivity index (χ3n) is 4.14. The normalized spacial score (nSPS) is 29.5. The van der Waals surface area contributed by atoms with Crippen molar-refractivity contribution in [3.8, 4) is 5.75 Å². The van der Waals surface area contributed by atoms with Gasteiger partial charge in [-0.25, -0.2) is 0 Å². The van der Waals surface area contributed by atoms with Crippen LogP contribution in [0.4, 0.5) is 0 Å². The van der Waals surface area contributed by atoms with Crippen molar-refractivity contribution in [3.63, 3.8) is 0 Å². The van der Waals surface area contributed by atoms with Gasteiger partial charge in [0.2, 0.25) is 5.78 Å². The predicted molar refractivity (Wildman–Crippen MR) is 70.6 cm³/mol. The maximum atomic E-state index is 12.8. The summed E-state index contributed by atoms with van der Waals surface area (Å²) < 4.78 is 7.02. The maximum absolute atomic E-state index is 12.8. The van der Waals surface area contributed by atoms with Crippen LogP contribution >= 0.6 is 0 Å². The standard InChI is InChI=1S/C13H20N4O2/c1-3-17-12(11(19-2)8-14-17)13(18)10-9-15-4-6-16(10)7-5-15/h8,10H,3-7,9H2,1-2H3. The molecule has 3 aliphatic rings. The Morgan fingerprint density at radius 1 is 1.42 bits per heavy atom. The van der Waals surface area contributed by atoms with E-state index in [0.29, 0.717) is 18.0 Å². The molecule has 6 nitrogen and oxygen atoms in total. The van der Waals surface area contributed by atoms with Gasteiger partial charge < -0.3 is 4.74 Å². The largest absolute Gasteiger partial charge is 0.493 e. The van der Waals surface area contributed by atoms with Crippen molar-refractivity contribution in [1.82, 2.24) is 19.6 Å². The Morgan fingerprint density at radius 3 is 2.68 bits per heavy atom. The van der Waals surface area contributed by atoms with Gasteiger partial charge in [0.15, 0.2) is 5.75 Å². The minimum absolute atomic E-state index is 0.0431. The van der Waals surface area contributed by atoms with Crippen molar-refractivity contribution in [2.24, 2.45) is 0 Å². The van der Waals surface area contributed by atoms with Gasteiger partial charge in [-0.15, -0.1) is 0 Å². The third kappa shape index (κ3) is 2.04. The van der Waals surface area contributed by atoms with Crippen LogP contribution in [0.5, 0.6) is 5.75 Å². The zero-order valence-electron chi connectivity index (χ0n) is 11.5. The Hall–Kier alpha value is -1.40. The van der Waals surface area contributed by atoms with Crippen LogP contribution in [0, 0.1) is 0 Å². The number of aryl methyl sites for hydroxylation is 1. The lowest BCUT2D eigenvalue weighted by molar-refractivity contribution is 0.0152. The van der Waals surface area contributed by atoms with Crippen LogP contribution in [0.2, 0.25) is 0 Å². The van der Waals surface area contributed by atoms with Gasteiger partial charge in [-0.05, 0) is 6.92 Å². The number of fused-ring (bicyclic) bond motifs is 3. The molecule has 0 amide bonds. The van der Waals surface area contributed by atoms with Gasteiger partial charge in [-0.1, -0.05) is 0 Å². The molecular formula is C13H20N4O2. The summed E-state index contributed by atoms with van der Waals surface area (Å²) in [4.78, 5) is 17.5. The second kappa shape index (κ2) is 4.94. The molecule has 1 aromatic rings. The fraction of sp³-hybridized carbons (Fsp3) is 0.692. The fourth-order valence-corrected chi connectivity index (χ4v) is 3.03. The van der Waals surface area contributed by atoms with E-state index in [-0.39, 0.29) is 11.8 Å². The van der Waals surface area contributed by atoms with Gasteiger partial charge in [-0.2, -0.15) is 5.10 Å².